The minimum Gasteiger partial charge on any atom is -0.383 e. The van der Waals surface area contributed by atoms with Gasteiger partial charge in [0.1, 0.15) is 0 Å². The summed E-state index contributed by atoms with van der Waals surface area (Å²) in [6.45, 7) is 4.94. The molecule has 0 saturated carbocycles. The van der Waals surface area contributed by atoms with Gasteiger partial charge in [0.15, 0.2) is 0 Å². The lowest BCUT2D eigenvalue weighted by atomic mass is 10.2. The van der Waals surface area contributed by atoms with Crippen LogP contribution in [0.3, 0.4) is 0 Å². The van der Waals surface area contributed by atoms with Crippen molar-refractivity contribution < 1.29 is 4.74 Å². The van der Waals surface area contributed by atoms with Crippen molar-refractivity contribution in [2.45, 2.75) is 38.0 Å². The van der Waals surface area contributed by atoms with Crippen LogP contribution in [-0.4, -0.2) is 44.1 Å². The van der Waals surface area contributed by atoms with Crippen LogP contribution in [0.4, 0.5) is 0 Å². The fraction of sp³-hybridized carbons (Fsp3) is 1.00. The Morgan fingerprint density at radius 1 is 1.29 bits per heavy atom. The van der Waals surface area contributed by atoms with E-state index in [1.165, 1.54) is 25.7 Å². The van der Waals surface area contributed by atoms with Crippen molar-refractivity contribution in [3.8, 4) is 0 Å². The van der Waals surface area contributed by atoms with Gasteiger partial charge in [0.25, 0.3) is 0 Å². The van der Waals surface area contributed by atoms with Crippen LogP contribution in [0.25, 0.3) is 0 Å². The molecule has 0 aliphatic carbocycles. The lowest BCUT2D eigenvalue weighted by Crippen LogP contribution is -2.29. The summed E-state index contributed by atoms with van der Waals surface area (Å²) in [4.78, 5) is 2.28. The highest BCUT2D eigenvalue weighted by atomic mass is 35.5. The van der Waals surface area contributed by atoms with E-state index in [4.69, 9.17) is 16.3 Å². The van der Waals surface area contributed by atoms with Gasteiger partial charge in [0.05, 0.1) is 12.0 Å². The van der Waals surface area contributed by atoms with Crippen LogP contribution in [-0.2, 0) is 4.74 Å². The maximum absolute atomic E-state index is 6.05. The number of hydrogen-bond acceptors (Lipinski definition) is 2. The molecule has 0 radical (unpaired) electrons. The maximum atomic E-state index is 6.05. The molecule has 1 atom stereocenters. The van der Waals surface area contributed by atoms with Crippen LogP contribution < -0.4 is 0 Å². The van der Waals surface area contributed by atoms with E-state index in [1.54, 1.807) is 7.11 Å². The van der Waals surface area contributed by atoms with Gasteiger partial charge >= 0.3 is 0 Å². The third kappa shape index (κ3) is 8.79. The number of nitrogens with zero attached hydrogens (tertiary/aromatic N) is 1. The van der Waals surface area contributed by atoms with Crippen molar-refractivity contribution in [2.24, 2.45) is 0 Å². The highest BCUT2D eigenvalue weighted by Gasteiger charge is 2.07. The predicted molar refractivity (Wildman–Crippen MR) is 63.2 cm³/mol. The zero-order valence-electron chi connectivity index (χ0n) is 9.76. The smallest absolute Gasteiger partial charge is 0.0696 e. The molecular formula is C11H24ClNO. The van der Waals surface area contributed by atoms with Crippen LogP contribution >= 0.6 is 11.6 Å². The number of unbranched alkanes of at least 4 members (excludes halogenated alkanes) is 3. The first-order valence-corrected chi connectivity index (χ1v) is 5.95. The Labute approximate surface area is 93.6 Å². The Morgan fingerprint density at radius 2 is 2.00 bits per heavy atom. The molecule has 0 rings (SSSR count). The van der Waals surface area contributed by atoms with Crippen molar-refractivity contribution in [2.75, 3.05) is 33.9 Å². The zero-order chi connectivity index (χ0) is 10.8. The molecule has 0 aromatic heterocycles. The van der Waals surface area contributed by atoms with Crippen molar-refractivity contribution in [1.29, 1.82) is 0 Å². The van der Waals surface area contributed by atoms with Gasteiger partial charge in [-0.1, -0.05) is 26.2 Å². The average Bonchev–Trinajstić information content (AvgIpc) is 2.13. The van der Waals surface area contributed by atoms with Crippen molar-refractivity contribution in [1.82, 2.24) is 4.90 Å². The topological polar surface area (TPSA) is 12.5 Å². The molecule has 0 N–H and O–H groups in total. The van der Waals surface area contributed by atoms with Gasteiger partial charge in [-0.25, -0.2) is 0 Å². The second kappa shape index (κ2) is 9.75. The summed E-state index contributed by atoms with van der Waals surface area (Å²) in [5, 5.41) is 0.121. The monoisotopic (exact) mass is 221 g/mol. The highest BCUT2D eigenvalue weighted by molar-refractivity contribution is 6.20. The first-order valence-electron chi connectivity index (χ1n) is 5.52. The standard InChI is InChI=1S/C11H24ClNO/c1-4-5-6-7-8-13(2)9-11(12)10-14-3/h11H,4-10H2,1-3H3. The molecule has 0 aliphatic heterocycles. The Morgan fingerprint density at radius 3 is 2.57 bits per heavy atom. The van der Waals surface area contributed by atoms with Gasteiger partial charge in [-0.2, -0.15) is 0 Å². The number of alkyl halides is 1. The molecule has 1 unspecified atom stereocenters. The lowest BCUT2D eigenvalue weighted by molar-refractivity contribution is 0.182. The third-order valence-corrected chi connectivity index (χ3v) is 2.51. The minimum absolute atomic E-state index is 0.121. The van der Waals surface area contributed by atoms with E-state index < -0.39 is 0 Å². The molecule has 2 nitrogen and oxygen atoms in total. The fourth-order valence-electron chi connectivity index (χ4n) is 1.47. The number of rotatable bonds is 9. The van der Waals surface area contributed by atoms with Crippen molar-refractivity contribution in [3.63, 3.8) is 0 Å². The molecule has 86 valence electrons. The van der Waals surface area contributed by atoms with Crippen LogP contribution in [0.2, 0.25) is 0 Å². The molecule has 0 spiro atoms. The van der Waals surface area contributed by atoms with Gasteiger partial charge in [0, 0.05) is 13.7 Å². The molecule has 0 heterocycles. The van der Waals surface area contributed by atoms with Gasteiger partial charge in [-0.3, -0.25) is 0 Å². The molecular weight excluding hydrogens is 198 g/mol. The second-order valence-electron chi connectivity index (χ2n) is 3.88. The molecule has 0 aromatic carbocycles. The minimum atomic E-state index is 0.121. The summed E-state index contributed by atoms with van der Waals surface area (Å²) < 4.78 is 4.99. The second-order valence-corrected chi connectivity index (χ2v) is 4.49. The molecule has 0 bridgehead atoms. The first kappa shape index (κ1) is 14.2. The van der Waals surface area contributed by atoms with Crippen LogP contribution in [0.15, 0.2) is 0 Å². The van der Waals surface area contributed by atoms with E-state index in [2.05, 4.69) is 18.9 Å². The number of ether oxygens (including phenoxy) is 1. The number of halogens is 1. The maximum Gasteiger partial charge on any atom is 0.0696 e. The predicted octanol–water partition coefficient (Wildman–Crippen LogP) is 2.75. The van der Waals surface area contributed by atoms with Crippen molar-refractivity contribution >= 4 is 11.6 Å². The van der Waals surface area contributed by atoms with E-state index in [-0.39, 0.29) is 5.38 Å². The molecule has 0 fully saturated rings. The molecule has 0 amide bonds. The SMILES string of the molecule is CCCCCCN(C)CC(Cl)COC. The number of hydrogen-bond donors (Lipinski definition) is 0. The Bertz CT molecular complexity index is 122. The Kier molecular flexibility index (Phi) is 9.90. The summed E-state index contributed by atoms with van der Waals surface area (Å²) in [7, 11) is 3.81. The molecule has 0 aromatic rings. The van der Waals surface area contributed by atoms with E-state index >= 15 is 0 Å². The molecule has 3 heteroatoms. The molecule has 0 saturated heterocycles. The van der Waals surface area contributed by atoms with Crippen molar-refractivity contribution in [3.05, 3.63) is 0 Å². The summed E-state index contributed by atoms with van der Waals surface area (Å²) in [5.41, 5.74) is 0. The summed E-state index contributed by atoms with van der Waals surface area (Å²) in [6, 6.07) is 0. The van der Waals surface area contributed by atoms with Crippen LogP contribution in [0.1, 0.15) is 32.6 Å². The van der Waals surface area contributed by atoms with Gasteiger partial charge < -0.3 is 9.64 Å². The Balaban J connectivity index is 3.30. The van der Waals surface area contributed by atoms with Crippen LogP contribution in [0.5, 0.6) is 0 Å². The quantitative estimate of drug-likeness (QED) is 0.439. The fourth-order valence-corrected chi connectivity index (χ4v) is 1.83. The largest absolute Gasteiger partial charge is 0.383 e. The molecule has 0 aliphatic rings. The molecule has 14 heavy (non-hydrogen) atoms. The first-order chi connectivity index (χ1) is 6.70. The highest BCUT2D eigenvalue weighted by Crippen LogP contribution is 2.03. The summed E-state index contributed by atoms with van der Waals surface area (Å²) in [5.74, 6) is 0. The van der Waals surface area contributed by atoms with E-state index in [1.807, 2.05) is 0 Å². The third-order valence-electron chi connectivity index (χ3n) is 2.25. The van der Waals surface area contributed by atoms with Gasteiger partial charge in [0.2, 0.25) is 0 Å². The van der Waals surface area contributed by atoms with E-state index in [9.17, 15) is 0 Å². The average molecular weight is 222 g/mol. The Hall–Kier alpha value is 0.210. The van der Waals surface area contributed by atoms with E-state index in [0.717, 1.165) is 13.1 Å². The van der Waals surface area contributed by atoms with E-state index in [0.29, 0.717) is 6.61 Å². The lowest BCUT2D eigenvalue weighted by Gasteiger charge is -2.19. The normalized spacial score (nSPS) is 13.5. The zero-order valence-corrected chi connectivity index (χ0v) is 10.5. The summed E-state index contributed by atoms with van der Waals surface area (Å²) >= 11 is 6.05. The summed E-state index contributed by atoms with van der Waals surface area (Å²) in [6.07, 6.45) is 5.25. The number of methoxy groups -OCH3 is 1. The van der Waals surface area contributed by atoms with Gasteiger partial charge in [-0.15, -0.1) is 11.6 Å². The van der Waals surface area contributed by atoms with Gasteiger partial charge in [-0.05, 0) is 20.0 Å². The van der Waals surface area contributed by atoms with Crippen LogP contribution in [0, 0.1) is 0 Å².